The number of hydrogen-bond donors (Lipinski definition) is 2. The number of hydrogen-bond acceptors (Lipinski definition) is 3. The van der Waals surface area contributed by atoms with Crippen LogP contribution in [0.15, 0.2) is 53.6 Å². The van der Waals surface area contributed by atoms with Crippen molar-refractivity contribution in [3.63, 3.8) is 0 Å². The van der Waals surface area contributed by atoms with Crippen LogP contribution in [0.2, 0.25) is 0 Å². The van der Waals surface area contributed by atoms with E-state index in [9.17, 15) is 4.57 Å². The van der Waals surface area contributed by atoms with Crippen molar-refractivity contribution in [1.29, 1.82) is 0 Å². The number of nitrogens with zero attached hydrogens (tertiary/aromatic N) is 1. The Balaban J connectivity index is 0.000000187. The zero-order valence-corrected chi connectivity index (χ0v) is 8.53. The fourth-order valence-corrected chi connectivity index (χ4v) is 1.08. The predicted molar refractivity (Wildman–Crippen MR) is 51.8 cm³/mol. The third-order valence-corrected chi connectivity index (χ3v) is 1.60. The summed E-state index contributed by atoms with van der Waals surface area (Å²) in [6.45, 7) is 0. The van der Waals surface area contributed by atoms with Gasteiger partial charge in [-0.05, 0) is 24.3 Å². The van der Waals surface area contributed by atoms with Crippen LogP contribution in [0.5, 0.6) is 0 Å². The average Bonchev–Trinajstić information content (AvgIpc) is 2.71. The van der Waals surface area contributed by atoms with Gasteiger partial charge in [-0.25, -0.2) is 4.57 Å². The number of aromatic nitrogens is 1. The Labute approximate surface area is 85.9 Å². The van der Waals surface area contributed by atoms with Crippen LogP contribution in [0.3, 0.4) is 0 Å². The fraction of sp³-hybridized carbons (Fsp3) is 0. The summed E-state index contributed by atoms with van der Waals surface area (Å²) in [6.07, 6.45) is 6.03. The monoisotopic (exact) mass is 231 g/mol. The van der Waals surface area contributed by atoms with Crippen molar-refractivity contribution in [2.45, 2.75) is 0 Å². The van der Waals surface area contributed by atoms with Gasteiger partial charge in [-0.15, -0.1) is 0 Å². The second-order valence-electron chi connectivity index (χ2n) is 2.41. The molecular weight excluding hydrogens is 221 g/mol. The molecule has 0 aliphatic rings. The normalized spacial score (nSPS) is 10.3. The van der Waals surface area contributed by atoms with E-state index in [0.717, 1.165) is 4.73 Å². The highest BCUT2D eigenvalue weighted by Crippen LogP contribution is 2.30. The number of rotatable bonds is 2. The molecule has 15 heavy (non-hydrogen) atoms. The van der Waals surface area contributed by atoms with Crippen LogP contribution < -0.4 is 4.62 Å². The third kappa shape index (κ3) is 5.74. The Kier molecular flexibility index (Phi) is 4.17. The van der Waals surface area contributed by atoms with Crippen molar-refractivity contribution in [3.05, 3.63) is 49.2 Å². The first-order chi connectivity index (χ1) is 7.08. The molecule has 0 unspecified atom stereocenters. The molecule has 2 N–H and O–H groups in total. The van der Waals surface area contributed by atoms with Crippen LogP contribution in [-0.4, -0.2) is 14.5 Å². The minimum Gasteiger partial charge on any atom is -0.473 e. The molecule has 2 aromatic rings. The van der Waals surface area contributed by atoms with E-state index in [2.05, 4.69) is 9.04 Å². The van der Waals surface area contributed by atoms with Crippen molar-refractivity contribution < 1.29 is 23.4 Å². The molecule has 0 amide bonds. The van der Waals surface area contributed by atoms with Crippen molar-refractivity contribution in [3.8, 4) is 0 Å². The van der Waals surface area contributed by atoms with Gasteiger partial charge < -0.3 is 9.04 Å². The zero-order chi connectivity index (χ0) is 11.1. The minimum atomic E-state index is -4.39. The summed E-state index contributed by atoms with van der Waals surface area (Å²) in [6, 6.07) is 6.85. The lowest BCUT2D eigenvalue weighted by molar-refractivity contribution is 0.178. The Morgan fingerprint density at radius 2 is 1.60 bits per heavy atom. The van der Waals surface area contributed by atoms with E-state index in [1.165, 1.54) is 12.4 Å². The zero-order valence-electron chi connectivity index (χ0n) is 7.63. The standard InChI is InChI=1S/C4H6NO4P.C4H4O/c6-10(7,8)9-5-3-1-2-4-5;1-2-4-5-3-1/h1-4H,(H2,6,7,8);1-4H. The summed E-state index contributed by atoms with van der Waals surface area (Å²) in [5.41, 5.74) is 0. The average molecular weight is 231 g/mol. The maximum atomic E-state index is 10.2. The molecule has 0 radical (unpaired) electrons. The van der Waals surface area contributed by atoms with Crippen molar-refractivity contribution in [2.24, 2.45) is 0 Å². The van der Waals surface area contributed by atoms with Crippen molar-refractivity contribution >= 4 is 7.82 Å². The molecule has 0 saturated carbocycles. The Bertz CT molecular complexity index is 373. The lowest BCUT2D eigenvalue weighted by Crippen LogP contribution is -2.04. The molecule has 0 saturated heterocycles. The van der Waals surface area contributed by atoms with Gasteiger partial charge in [0, 0.05) is 12.4 Å². The van der Waals surface area contributed by atoms with Crippen molar-refractivity contribution in [1.82, 2.24) is 4.73 Å². The first kappa shape index (κ1) is 11.6. The van der Waals surface area contributed by atoms with E-state index < -0.39 is 7.82 Å². The second-order valence-corrected chi connectivity index (χ2v) is 3.55. The predicted octanol–water partition coefficient (Wildman–Crippen LogP) is 1.29. The molecule has 0 bridgehead atoms. The second kappa shape index (κ2) is 5.41. The van der Waals surface area contributed by atoms with Gasteiger partial charge in [-0.3, -0.25) is 9.79 Å². The maximum absolute atomic E-state index is 10.2. The van der Waals surface area contributed by atoms with E-state index in [1.807, 2.05) is 12.1 Å². The van der Waals surface area contributed by atoms with Gasteiger partial charge in [-0.2, -0.15) is 4.73 Å². The summed E-state index contributed by atoms with van der Waals surface area (Å²) < 4.78 is 19.8. The molecule has 0 aliphatic heterocycles. The van der Waals surface area contributed by atoms with Gasteiger partial charge in [-0.1, -0.05) is 0 Å². The molecule has 7 heteroatoms. The molecule has 2 heterocycles. The minimum absolute atomic E-state index is 0.945. The Hall–Kier alpha value is -1.49. The summed E-state index contributed by atoms with van der Waals surface area (Å²) in [5, 5.41) is 0. The van der Waals surface area contributed by atoms with E-state index in [0.29, 0.717) is 0 Å². The quantitative estimate of drug-likeness (QED) is 0.760. The highest BCUT2D eigenvalue weighted by Gasteiger charge is 2.14. The fourth-order valence-electron chi connectivity index (χ4n) is 0.723. The third-order valence-electron chi connectivity index (χ3n) is 1.20. The topological polar surface area (TPSA) is 84.8 Å². The lowest BCUT2D eigenvalue weighted by Gasteiger charge is -2.04. The van der Waals surface area contributed by atoms with E-state index in [1.54, 1.807) is 24.7 Å². The molecule has 0 aliphatic carbocycles. The van der Waals surface area contributed by atoms with Crippen LogP contribution in [0.25, 0.3) is 0 Å². The largest absolute Gasteiger partial charge is 0.543 e. The van der Waals surface area contributed by atoms with Crippen molar-refractivity contribution in [2.75, 3.05) is 0 Å². The number of phosphoric acid groups is 1. The summed E-state index contributed by atoms with van der Waals surface area (Å²) in [7, 11) is -4.39. The van der Waals surface area contributed by atoms with Gasteiger partial charge in [0.15, 0.2) is 0 Å². The van der Waals surface area contributed by atoms with Crippen LogP contribution in [0.1, 0.15) is 0 Å². The van der Waals surface area contributed by atoms with Crippen LogP contribution in [-0.2, 0) is 4.57 Å². The summed E-state index contributed by atoms with van der Waals surface area (Å²) in [4.78, 5) is 16.5. The van der Waals surface area contributed by atoms with Crippen LogP contribution in [0.4, 0.5) is 0 Å². The lowest BCUT2D eigenvalue weighted by atomic mass is 10.7. The molecule has 82 valence electrons. The molecule has 0 spiro atoms. The molecule has 6 nitrogen and oxygen atoms in total. The highest BCUT2D eigenvalue weighted by atomic mass is 31.2. The van der Waals surface area contributed by atoms with Gasteiger partial charge in [0.1, 0.15) is 0 Å². The molecule has 2 rings (SSSR count). The van der Waals surface area contributed by atoms with E-state index >= 15 is 0 Å². The summed E-state index contributed by atoms with van der Waals surface area (Å²) in [5.74, 6) is 0. The van der Waals surface area contributed by atoms with Gasteiger partial charge in [0.2, 0.25) is 0 Å². The van der Waals surface area contributed by atoms with Crippen LogP contribution in [0, 0.1) is 0 Å². The smallest absolute Gasteiger partial charge is 0.473 e. The van der Waals surface area contributed by atoms with E-state index in [-0.39, 0.29) is 0 Å². The molecule has 0 aromatic carbocycles. The first-order valence-electron chi connectivity index (χ1n) is 3.94. The van der Waals surface area contributed by atoms with Gasteiger partial charge in [0.05, 0.1) is 12.5 Å². The van der Waals surface area contributed by atoms with Crippen LogP contribution >= 0.6 is 7.82 Å². The summed E-state index contributed by atoms with van der Waals surface area (Å²) >= 11 is 0. The SMILES string of the molecule is O=P(O)(O)On1cccc1.c1ccoc1. The molecule has 0 atom stereocenters. The van der Waals surface area contributed by atoms with E-state index in [4.69, 9.17) is 9.79 Å². The highest BCUT2D eigenvalue weighted by molar-refractivity contribution is 7.46. The maximum Gasteiger partial charge on any atom is 0.543 e. The van der Waals surface area contributed by atoms with Gasteiger partial charge in [0.25, 0.3) is 0 Å². The Morgan fingerprint density at radius 3 is 1.93 bits per heavy atom. The number of furan rings is 1. The van der Waals surface area contributed by atoms with Gasteiger partial charge >= 0.3 is 7.82 Å². The Morgan fingerprint density at radius 1 is 1.07 bits per heavy atom. The molecule has 0 fully saturated rings. The first-order valence-corrected chi connectivity index (χ1v) is 5.47. The molecular formula is C8H10NO5P. The molecule has 2 aromatic heterocycles.